The monoisotopic (exact) mass is 408 g/mol. The molecule has 1 aromatic heterocycles. The molecule has 0 saturated carbocycles. The number of hydrogen-bond donors (Lipinski definition) is 2. The summed E-state index contributed by atoms with van der Waals surface area (Å²) in [6, 6.07) is 5.83. The molecule has 0 fully saturated rings. The molecule has 4 nitrogen and oxygen atoms in total. The number of nitrogens with two attached hydrogens (primary N) is 1. The van der Waals surface area contributed by atoms with Gasteiger partial charge in [-0.1, -0.05) is 24.4 Å². The van der Waals surface area contributed by atoms with Gasteiger partial charge in [-0.2, -0.15) is 0 Å². The predicted octanol–water partition coefficient (Wildman–Crippen LogP) is 2.76. The molecule has 2 rings (SSSR count). The molecule has 0 aliphatic heterocycles. The number of halogens is 2. The summed E-state index contributed by atoms with van der Waals surface area (Å²) in [6.45, 7) is -0.157. The van der Waals surface area contributed by atoms with Crippen LogP contribution in [0.5, 0.6) is 0 Å². The molecule has 0 aliphatic carbocycles. The van der Waals surface area contributed by atoms with Gasteiger partial charge in [0.05, 0.1) is 0 Å². The van der Waals surface area contributed by atoms with E-state index in [2.05, 4.69) is 20.7 Å². The third-order valence-corrected chi connectivity index (χ3v) is 6.93. The lowest BCUT2D eigenvalue weighted by molar-refractivity contribution is 0.576. The standard InChI is InChI=1S/C12H10BrFN2O2S3/c13-9-3-4-20-12(9)21(17,18)16-6-8-2-1-7(11(15)19)5-10(8)14/h1-5,16H,6H2,(H2,15,19). The van der Waals surface area contributed by atoms with Crippen molar-refractivity contribution in [2.24, 2.45) is 5.73 Å². The maximum absolute atomic E-state index is 13.9. The lowest BCUT2D eigenvalue weighted by atomic mass is 10.1. The Balaban J connectivity index is 2.17. The van der Waals surface area contributed by atoms with E-state index < -0.39 is 15.8 Å². The highest BCUT2D eigenvalue weighted by molar-refractivity contribution is 9.10. The summed E-state index contributed by atoms with van der Waals surface area (Å²) >= 11 is 8.99. The number of thiocarbonyl (C=S) groups is 1. The van der Waals surface area contributed by atoms with E-state index >= 15 is 0 Å². The molecule has 0 amide bonds. The van der Waals surface area contributed by atoms with Crippen LogP contribution in [0, 0.1) is 5.82 Å². The van der Waals surface area contributed by atoms with Crippen LogP contribution in [-0.2, 0) is 16.6 Å². The SMILES string of the molecule is NC(=S)c1ccc(CNS(=O)(=O)c2sccc2Br)c(F)c1. The van der Waals surface area contributed by atoms with Crippen LogP contribution in [0.2, 0.25) is 0 Å². The van der Waals surface area contributed by atoms with Crippen molar-refractivity contribution in [2.45, 2.75) is 10.8 Å². The third kappa shape index (κ3) is 3.86. The topological polar surface area (TPSA) is 72.2 Å². The average molecular weight is 409 g/mol. The second kappa shape index (κ2) is 6.49. The van der Waals surface area contributed by atoms with Crippen molar-refractivity contribution in [3.63, 3.8) is 0 Å². The van der Waals surface area contributed by atoms with Crippen LogP contribution in [0.25, 0.3) is 0 Å². The molecule has 0 aliphatic rings. The molecule has 112 valence electrons. The van der Waals surface area contributed by atoms with Gasteiger partial charge in [-0.3, -0.25) is 0 Å². The van der Waals surface area contributed by atoms with Crippen molar-refractivity contribution >= 4 is 54.5 Å². The Labute approximate surface area is 139 Å². The fraction of sp³-hybridized carbons (Fsp3) is 0.0833. The fourth-order valence-electron chi connectivity index (χ4n) is 1.55. The lowest BCUT2D eigenvalue weighted by Crippen LogP contribution is -2.23. The quantitative estimate of drug-likeness (QED) is 0.745. The lowest BCUT2D eigenvalue weighted by Gasteiger charge is -2.08. The van der Waals surface area contributed by atoms with Crippen LogP contribution in [0.15, 0.2) is 38.3 Å². The molecular formula is C12H10BrFN2O2S3. The fourth-order valence-corrected chi connectivity index (χ4v) is 5.07. The molecule has 3 N–H and O–H groups in total. The van der Waals surface area contributed by atoms with Crippen LogP contribution in [-0.4, -0.2) is 13.4 Å². The van der Waals surface area contributed by atoms with E-state index in [1.807, 2.05) is 0 Å². The summed E-state index contributed by atoms with van der Waals surface area (Å²) in [6.07, 6.45) is 0. The first-order valence-corrected chi connectivity index (χ1v) is 9.18. The maximum atomic E-state index is 13.9. The van der Waals surface area contributed by atoms with Crippen molar-refractivity contribution in [3.8, 4) is 0 Å². The first kappa shape index (κ1) is 16.5. The zero-order valence-electron chi connectivity index (χ0n) is 10.5. The molecule has 9 heteroatoms. The number of rotatable bonds is 5. The molecule has 0 saturated heterocycles. The Morgan fingerprint density at radius 2 is 2.14 bits per heavy atom. The van der Waals surface area contributed by atoms with Crippen molar-refractivity contribution in [1.82, 2.24) is 4.72 Å². The number of thiophene rings is 1. The van der Waals surface area contributed by atoms with Gasteiger partial charge in [0.25, 0.3) is 10.0 Å². The van der Waals surface area contributed by atoms with E-state index in [1.54, 1.807) is 17.5 Å². The normalized spacial score (nSPS) is 11.5. The van der Waals surface area contributed by atoms with Gasteiger partial charge in [-0.25, -0.2) is 17.5 Å². The van der Waals surface area contributed by atoms with Crippen LogP contribution in [0.1, 0.15) is 11.1 Å². The second-order valence-electron chi connectivity index (χ2n) is 4.05. The van der Waals surface area contributed by atoms with E-state index in [4.69, 9.17) is 18.0 Å². The summed E-state index contributed by atoms with van der Waals surface area (Å²) in [4.78, 5) is 0.0866. The Hall–Kier alpha value is -0.870. The molecule has 2 aromatic rings. The van der Waals surface area contributed by atoms with Crippen LogP contribution in [0.4, 0.5) is 4.39 Å². The molecule has 0 spiro atoms. The summed E-state index contributed by atoms with van der Waals surface area (Å²) in [5.74, 6) is -0.562. The first-order chi connectivity index (χ1) is 9.81. The summed E-state index contributed by atoms with van der Waals surface area (Å²) in [7, 11) is -3.68. The summed E-state index contributed by atoms with van der Waals surface area (Å²) in [5.41, 5.74) is 6.02. The number of benzene rings is 1. The Kier molecular flexibility index (Phi) is 5.10. The molecule has 0 unspecified atom stereocenters. The molecule has 21 heavy (non-hydrogen) atoms. The minimum absolute atomic E-state index is 0.0866. The summed E-state index contributed by atoms with van der Waals surface area (Å²) in [5, 5.41) is 1.65. The minimum atomic E-state index is -3.68. The highest BCUT2D eigenvalue weighted by atomic mass is 79.9. The Morgan fingerprint density at radius 3 is 2.67 bits per heavy atom. The number of hydrogen-bond acceptors (Lipinski definition) is 4. The first-order valence-electron chi connectivity index (χ1n) is 5.62. The number of nitrogens with one attached hydrogen (secondary N) is 1. The summed E-state index contributed by atoms with van der Waals surface area (Å²) < 4.78 is 41.0. The van der Waals surface area contributed by atoms with Gasteiger partial charge >= 0.3 is 0 Å². The van der Waals surface area contributed by atoms with E-state index in [9.17, 15) is 12.8 Å². The zero-order valence-corrected chi connectivity index (χ0v) is 14.5. The highest BCUT2D eigenvalue weighted by Gasteiger charge is 2.19. The van der Waals surface area contributed by atoms with Crippen molar-refractivity contribution in [2.75, 3.05) is 0 Å². The molecule has 1 heterocycles. The second-order valence-corrected chi connectivity index (χ2v) is 8.22. The van der Waals surface area contributed by atoms with Gasteiger partial charge in [-0.15, -0.1) is 11.3 Å². The van der Waals surface area contributed by atoms with Crippen molar-refractivity contribution in [3.05, 3.63) is 51.1 Å². The average Bonchev–Trinajstić information content (AvgIpc) is 2.84. The van der Waals surface area contributed by atoms with Crippen LogP contribution < -0.4 is 10.5 Å². The molecule has 0 radical (unpaired) electrons. The highest BCUT2D eigenvalue weighted by Crippen LogP contribution is 2.27. The van der Waals surface area contributed by atoms with Crippen molar-refractivity contribution in [1.29, 1.82) is 0 Å². The molecular weight excluding hydrogens is 399 g/mol. The van der Waals surface area contributed by atoms with Gasteiger partial charge < -0.3 is 5.73 Å². The van der Waals surface area contributed by atoms with Gasteiger partial charge in [0, 0.05) is 22.1 Å². The van der Waals surface area contributed by atoms with E-state index in [-0.39, 0.29) is 21.3 Å². The Morgan fingerprint density at radius 1 is 1.43 bits per heavy atom. The van der Waals surface area contributed by atoms with E-state index in [1.165, 1.54) is 12.1 Å². The van der Waals surface area contributed by atoms with Crippen molar-refractivity contribution < 1.29 is 12.8 Å². The zero-order chi connectivity index (χ0) is 15.6. The molecule has 1 aromatic carbocycles. The van der Waals surface area contributed by atoms with Crippen LogP contribution >= 0.6 is 39.5 Å². The van der Waals surface area contributed by atoms with Crippen LogP contribution in [0.3, 0.4) is 0 Å². The van der Waals surface area contributed by atoms with Gasteiger partial charge in [-0.05, 0) is 33.4 Å². The van der Waals surface area contributed by atoms with E-state index in [0.29, 0.717) is 10.0 Å². The third-order valence-electron chi connectivity index (χ3n) is 2.62. The van der Waals surface area contributed by atoms with Gasteiger partial charge in [0.15, 0.2) is 0 Å². The smallest absolute Gasteiger partial charge is 0.251 e. The molecule has 0 bridgehead atoms. The number of sulfonamides is 1. The largest absolute Gasteiger partial charge is 0.389 e. The van der Waals surface area contributed by atoms with E-state index in [0.717, 1.165) is 11.3 Å². The minimum Gasteiger partial charge on any atom is -0.389 e. The van der Waals surface area contributed by atoms with Gasteiger partial charge in [0.2, 0.25) is 0 Å². The predicted molar refractivity (Wildman–Crippen MR) is 88.3 cm³/mol. The van der Waals surface area contributed by atoms with Gasteiger partial charge in [0.1, 0.15) is 15.0 Å². The maximum Gasteiger partial charge on any atom is 0.251 e. The Bertz CT molecular complexity index is 790. The molecule has 0 atom stereocenters.